The van der Waals surface area contributed by atoms with E-state index >= 15 is 0 Å². The molecule has 3 heteroatoms. The van der Waals surface area contributed by atoms with Crippen LogP contribution in [0.2, 0.25) is 0 Å². The zero-order valence-corrected chi connectivity index (χ0v) is 8.44. The van der Waals surface area contributed by atoms with Gasteiger partial charge in [-0.2, -0.15) is 0 Å². The average molecular weight is 232 g/mol. The lowest BCUT2D eigenvalue weighted by atomic mass is 10.1. The highest BCUT2D eigenvalue weighted by atomic mass is 79.9. The van der Waals surface area contributed by atoms with Crippen molar-refractivity contribution >= 4 is 15.9 Å². The van der Waals surface area contributed by atoms with Crippen molar-refractivity contribution in [3.63, 3.8) is 0 Å². The lowest BCUT2D eigenvalue weighted by Crippen LogP contribution is -2.10. The van der Waals surface area contributed by atoms with E-state index in [0.717, 1.165) is 6.42 Å². The fourth-order valence-corrected chi connectivity index (χ4v) is 1.41. The third-order valence-electron chi connectivity index (χ3n) is 1.82. The molecular weight excluding hydrogens is 221 g/mol. The molecule has 0 aliphatic heterocycles. The SMILES string of the molecule is CC[C@H](N)c1cccc(Br)c1F. The molecule has 1 aromatic rings. The Hall–Kier alpha value is -0.410. The Labute approximate surface area is 79.9 Å². The summed E-state index contributed by atoms with van der Waals surface area (Å²) in [5.74, 6) is -0.244. The van der Waals surface area contributed by atoms with Gasteiger partial charge in [0.15, 0.2) is 0 Å². The van der Waals surface area contributed by atoms with Gasteiger partial charge < -0.3 is 5.73 Å². The standard InChI is InChI=1S/C9H11BrFN/c1-2-8(12)6-4-3-5-7(10)9(6)11/h3-5,8H,2,12H2,1H3/t8-/m0/s1. The van der Waals surface area contributed by atoms with E-state index in [-0.39, 0.29) is 11.9 Å². The molecule has 0 aliphatic rings. The van der Waals surface area contributed by atoms with Crippen molar-refractivity contribution in [3.8, 4) is 0 Å². The Morgan fingerprint density at radius 1 is 1.58 bits per heavy atom. The van der Waals surface area contributed by atoms with Crippen LogP contribution in [-0.4, -0.2) is 0 Å². The quantitative estimate of drug-likeness (QED) is 0.833. The monoisotopic (exact) mass is 231 g/mol. The number of rotatable bonds is 2. The molecule has 12 heavy (non-hydrogen) atoms. The second-order valence-corrected chi connectivity index (χ2v) is 3.51. The van der Waals surface area contributed by atoms with Crippen molar-refractivity contribution in [2.75, 3.05) is 0 Å². The molecule has 2 N–H and O–H groups in total. The maximum absolute atomic E-state index is 13.3. The van der Waals surface area contributed by atoms with Gasteiger partial charge in [0.2, 0.25) is 0 Å². The summed E-state index contributed by atoms with van der Waals surface area (Å²) in [6.07, 6.45) is 0.743. The first kappa shape index (κ1) is 9.68. The fourth-order valence-electron chi connectivity index (χ4n) is 1.03. The van der Waals surface area contributed by atoms with Gasteiger partial charge in [-0.05, 0) is 28.4 Å². The minimum atomic E-state index is -0.244. The molecule has 1 rings (SSSR count). The van der Waals surface area contributed by atoms with Crippen LogP contribution in [0.5, 0.6) is 0 Å². The Bertz CT molecular complexity index is 275. The first-order valence-corrected chi connectivity index (χ1v) is 4.65. The first-order valence-electron chi connectivity index (χ1n) is 3.86. The van der Waals surface area contributed by atoms with Gasteiger partial charge in [-0.1, -0.05) is 19.1 Å². The van der Waals surface area contributed by atoms with Crippen molar-refractivity contribution in [1.82, 2.24) is 0 Å². The molecule has 0 saturated heterocycles. The molecule has 1 aromatic carbocycles. The topological polar surface area (TPSA) is 26.0 Å². The second-order valence-electron chi connectivity index (χ2n) is 2.66. The maximum Gasteiger partial charge on any atom is 0.142 e. The summed E-state index contributed by atoms with van der Waals surface area (Å²) < 4.78 is 13.8. The molecule has 0 radical (unpaired) electrons. The number of hydrogen-bond donors (Lipinski definition) is 1. The van der Waals surface area contributed by atoms with Crippen molar-refractivity contribution in [3.05, 3.63) is 34.1 Å². The van der Waals surface area contributed by atoms with Crippen LogP contribution in [0.4, 0.5) is 4.39 Å². The van der Waals surface area contributed by atoms with Gasteiger partial charge in [0.25, 0.3) is 0 Å². The number of benzene rings is 1. The van der Waals surface area contributed by atoms with Crippen LogP contribution < -0.4 is 5.73 Å². The predicted molar refractivity (Wildman–Crippen MR) is 51.3 cm³/mol. The summed E-state index contributed by atoms with van der Waals surface area (Å²) >= 11 is 3.11. The molecule has 0 amide bonds. The molecule has 0 saturated carbocycles. The zero-order chi connectivity index (χ0) is 9.14. The molecule has 0 unspecified atom stereocenters. The van der Waals surface area contributed by atoms with E-state index in [9.17, 15) is 4.39 Å². The highest BCUT2D eigenvalue weighted by Crippen LogP contribution is 2.23. The average Bonchev–Trinajstić information content (AvgIpc) is 2.08. The van der Waals surface area contributed by atoms with Crippen LogP contribution in [0.25, 0.3) is 0 Å². The highest BCUT2D eigenvalue weighted by molar-refractivity contribution is 9.10. The summed E-state index contributed by atoms with van der Waals surface area (Å²) in [7, 11) is 0. The van der Waals surface area contributed by atoms with Crippen LogP contribution in [0.1, 0.15) is 24.9 Å². The molecule has 0 bridgehead atoms. The van der Waals surface area contributed by atoms with Gasteiger partial charge in [0.1, 0.15) is 5.82 Å². The van der Waals surface area contributed by atoms with Crippen molar-refractivity contribution in [1.29, 1.82) is 0 Å². The van der Waals surface area contributed by atoms with Crippen molar-refractivity contribution in [2.45, 2.75) is 19.4 Å². The number of halogens is 2. The van der Waals surface area contributed by atoms with Crippen molar-refractivity contribution in [2.24, 2.45) is 5.73 Å². The van der Waals surface area contributed by atoms with Gasteiger partial charge in [0, 0.05) is 11.6 Å². The predicted octanol–water partition coefficient (Wildman–Crippen LogP) is 3.00. The van der Waals surface area contributed by atoms with Crippen molar-refractivity contribution < 1.29 is 4.39 Å². The second kappa shape index (κ2) is 4.01. The van der Waals surface area contributed by atoms with E-state index in [0.29, 0.717) is 10.0 Å². The van der Waals surface area contributed by atoms with Gasteiger partial charge in [-0.25, -0.2) is 4.39 Å². The normalized spacial score (nSPS) is 13.0. The fraction of sp³-hybridized carbons (Fsp3) is 0.333. The number of hydrogen-bond acceptors (Lipinski definition) is 1. The van der Waals surface area contributed by atoms with E-state index in [1.54, 1.807) is 18.2 Å². The van der Waals surface area contributed by atoms with E-state index < -0.39 is 0 Å². The van der Waals surface area contributed by atoms with E-state index in [1.165, 1.54) is 0 Å². The van der Waals surface area contributed by atoms with E-state index in [4.69, 9.17) is 5.73 Å². The molecule has 1 atom stereocenters. The lowest BCUT2D eigenvalue weighted by molar-refractivity contribution is 0.570. The lowest BCUT2D eigenvalue weighted by Gasteiger charge is -2.10. The third-order valence-corrected chi connectivity index (χ3v) is 2.43. The van der Waals surface area contributed by atoms with Crippen LogP contribution in [0.15, 0.2) is 22.7 Å². The first-order chi connectivity index (χ1) is 5.66. The third kappa shape index (κ3) is 1.84. The summed E-state index contributed by atoms with van der Waals surface area (Å²) in [5, 5.41) is 0. The minimum Gasteiger partial charge on any atom is -0.324 e. The Kier molecular flexibility index (Phi) is 3.23. The van der Waals surface area contributed by atoms with Gasteiger partial charge in [0.05, 0.1) is 4.47 Å². The van der Waals surface area contributed by atoms with Crippen LogP contribution in [-0.2, 0) is 0 Å². The molecule has 0 fully saturated rings. The Morgan fingerprint density at radius 3 is 2.83 bits per heavy atom. The Balaban J connectivity index is 3.07. The Morgan fingerprint density at radius 2 is 2.25 bits per heavy atom. The smallest absolute Gasteiger partial charge is 0.142 e. The molecule has 0 aromatic heterocycles. The molecule has 0 aliphatic carbocycles. The maximum atomic E-state index is 13.3. The zero-order valence-electron chi connectivity index (χ0n) is 6.85. The molecule has 0 spiro atoms. The summed E-state index contributed by atoms with van der Waals surface area (Å²) in [5.41, 5.74) is 6.28. The van der Waals surface area contributed by atoms with Crippen LogP contribution in [0.3, 0.4) is 0 Å². The largest absolute Gasteiger partial charge is 0.324 e. The summed E-state index contributed by atoms with van der Waals surface area (Å²) in [6, 6.07) is 4.97. The molecular formula is C9H11BrFN. The van der Waals surface area contributed by atoms with Gasteiger partial charge >= 0.3 is 0 Å². The minimum absolute atomic E-state index is 0.206. The highest BCUT2D eigenvalue weighted by Gasteiger charge is 2.10. The molecule has 1 nitrogen and oxygen atoms in total. The van der Waals surface area contributed by atoms with E-state index in [2.05, 4.69) is 15.9 Å². The van der Waals surface area contributed by atoms with Gasteiger partial charge in [-0.3, -0.25) is 0 Å². The van der Waals surface area contributed by atoms with Crippen LogP contribution in [0, 0.1) is 5.82 Å². The van der Waals surface area contributed by atoms with E-state index in [1.807, 2.05) is 6.92 Å². The molecule has 0 heterocycles. The number of nitrogens with two attached hydrogens (primary N) is 1. The molecule has 66 valence electrons. The summed E-state index contributed by atoms with van der Waals surface area (Å²) in [4.78, 5) is 0. The summed E-state index contributed by atoms with van der Waals surface area (Å²) in [6.45, 7) is 1.94. The van der Waals surface area contributed by atoms with Gasteiger partial charge in [-0.15, -0.1) is 0 Å². The van der Waals surface area contributed by atoms with Crippen LogP contribution >= 0.6 is 15.9 Å².